The summed E-state index contributed by atoms with van der Waals surface area (Å²) in [6, 6.07) is 9.33. The number of benzene rings is 2. The maximum absolute atomic E-state index is 11.8. The average molecular weight is 405 g/mol. The van der Waals surface area contributed by atoms with E-state index in [0.29, 0.717) is 26.3 Å². The molecule has 0 saturated heterocycles. The summed E-state index contributed by atoms with van der Waals surface area (Å²) in [6.45, 7) is 0. The molecule has 0 aromatic heterocycles. The molecule has 124 valence electrons. The van der Waals surface area contributed by atoms with Gasteiger partial charge in [0, 0.05) is 11.3 Å². The first-order chi connectivity index (χ1) is 11.4. The highest BCUT2D eigenvalue weighted by molar-refractivity contribution is 6.43. The Labute approximate surface area is 157 Å². The van der Waals surface area contributed by atoms with Gasteiger partial charge in [0.25, 0.3) is 0 Å². The first-order valence-corrected chi connectivity index (χ1v) is 7.93. The molecule has 0 bridgehead atoms. The van der Waals surface area contributed by atoms with E-state index in [4.69, 9.17) is 46.4 Å². The Morgan fingerprint density at radius 1 is 0.875 bits per heavy atom. The summed E-state index contributed by atoms with van der Waals surface area (Å²) in [5, 5.41) is 7.33. The largest absolute Gasteiger partial charge is 0.329 e. The van der Waals surface area contributed by atoms with Crippen molar-refractivity contribution >= 4 is 70.1 Å². The molecule has 0 unspecified atom stereocenters. The van der Waals surface area contributed by atoms with Crippen LogP contribution in [0.15, 0.2) is 41.5 Å². The Hall–Kier alpha value is -1.79. The molecule has 0 heterocycles. The minimum Gasteiger partial charge on any atom is -0.318 e. The van der Waals surface area contributed by atoms with Crippen LogP contribution in [-0.4, -0.2) is 18.0 Å². The fourth-order valence-electron chi connectivity index (χ4n) is 1.60. The van der Waals surface area contributed by atoms with Crippen molar-refractivity contribution in [3.8, 4) is 0 Å². The Balaban J connectivity index is 1.98. The molecule has 0 aliphatic carbocycles. The van der Waals surface area contributed by atoms with Gasteiger partial charge in [-0.05, 0) is 30.3 Å². The number of nitrogens with one attached hydrogen (secondary N) is 2. The van der Waals surface area contributed by atoms with E-state index in [1.807, 2.05) is 0 Å². The fraction of sp³-hybridized carbons (Fsp3) is 0. The molecule has 2 aromatic carbocycles. The van der Waals surface area contributed by atoms with Crippen LogP contribution in [0.25, 0.3) is 0 Å². The van der Waals surface area contributed by atoms with Gasteiger partial charge < -0.3 is 5.32 Å². The van der Waals surface area contributed by atoms with E-state index in [9.17, 15) is 9.59 Å². The van der Waals surface area contributed by atoms with E-state index in [0.717, 1.165) is 0 Å². The number of amides is 2. The van der Waals surface area contributed by atoms with Crippen molar-refractivity contribution in [2.45, 2.75) is 0 Å². The molecule has 2 rings (SSSR count). The van der Waals surface area contributed by atoms with Crippen molar-refractivity contribution in [2.24, 2.45) is 5.10 Å². The van der Waals surface area contributed by atoms with Gasteiger partial charge in [0.15, 0.2) is 0 Å². The van der Waals surface area contributed by atoms with Gasteiger partial charge in [-0.2, -0.15) is 5.10 Å². The highest BCUT2D eigenvalue weighted by Crippen LogP contribution is 2.25. The predicted molar refractivity (Wildman–Crippen MR) is 97.3 cm³/mol. The van der Waals surface area contributed by atoms with Gasteiger partial charge in [0.2, 0.25) is 0 Å². The lowest BCUT2D eigenvalue weighted by Crippen LogP contribution is -2.32. The molecule has 24 heavy (non-hydrogen) atoms. The van der Waals surface area contributed by atoms with Crippen LogP contribution in [-0.2, 0) is 9.59 Å². The number of carbonyl (C=O) groups is 2. The van der Waals surface area contributed by atoms with Gasteiger partial charge >= 0.3 is 11.8 Å². The van der Waals surface area contributed by atoms with Crippen LogP contribution in [0.1, 0.15) is 5.56 Å². The lowest BCUT2D eigenvalue weighted by atomic mass is 10.2. The number of rotatable bonds is 3. The van der Waals surface area contributed by atoms with Crippen molar-refractivity contribution in [3.63, 3.8) is 0 Å². The average Bonchev–Trinajstić information content (AvgIpc) is 2.53. The van der Waals surface area contributed by atoms with Crippen LogP contribution < -0.4 is 10.7 Å². The van der Waals surface area contributed by atoms with Crippen molar-refractivity contribution < 1.29 is 9.59 Å². The zero-order chi connectivity index (χ0) is 17.7. The zero-order valence-corrected chi connectivity index (χ0v) is 14.8. The number of hydrogen-bond donors (Lipinski definition) is 2. The second-order valence-corrected chi connectivity index (χ2v) is 6.05. The number of carbonyl (C=O) groups excluding carboxylic acids is 2. The standard InChI is InChI=1S/C15H9Cl4N3O2/c16-10-2-1-3-11(17)9(10)7-20-22-15(24)14(23)21-8-4-5-12(18)13(19)6-8/h1-7H,(H,21,23)(H,22,24)/b20-7+. The smallest absolute Gasteiger partial charge is 0.318 e. The highest BCUT2D eigenvalue weighted by atomic mass is 35.5. The molecular formula is C15H9Cl4N3O2. The Bertz CT molecular complexity index is 804. The molecule has 0 spiro atoms. The summed E-state index contributed by atoms with van der Waals surface area (Å²) in [4.78, 5) is 23.5. The zero-order valence-electron chi connectivity index (χ0n) is 11.8. The summed E-state index contributed by atoms with van der Waals surface area (Å²) < 4.78 is 0. The van der Waals surface area contributed by atoms with E-state index >= 15 is 0 Å². The molecule has 0 aliphatic rings. The first kappa shape index (κ1) is 18.5. The van der Waals surface area contributed by atoms with Crippen molar-refractivity contribution in [1.82, 2.24) is 5.43 Å². The van der Waals surface area contributed by atoms with Crippen molar-refractivity contribution in [1.29, 1.82) is 0 Å². The SMILES string of the molecule is O=C(N/N=C/c1c(Cl)cccc1Cl)C(=O)Nc1ccc(Cl)c(Cl)c1. The van der Waals surface area contributed by atoms with E-state index in [1.165, 1.54) is 24.4 Å². The summed E-state index contributed by atoms with van der Waals surface area (Å²) in [7, 11) is 0. The van der Waals surface area contributed by atoms with Crippen LogP contribution >= 0.6 is 46.4 Å². The van der Waals surface area contributed by atoms with E-state index < -0.39 is 11.8 Å². The maximum atomic E-state index is 11.8. The second kappa shape index (κ2) is 8.35. The minimum atomic E-state index is -0.972. The van der Waals surface area contributed by atoms with Crippen LogP contribution in [0.3, 0.4) is 0 Å². The number of halogens is 4. The van der Waals surface area contributed by atoms with Gasteiger partial charge in [-0.15, -0.1) is 0 Å². The third-order valence-electron chi connectivity index (χ3n) is 2.74. The van der Waals surface area contributed by atoms with Crippen LogP contribution in [0.4, 0.5) is 5.69 Å². The van der Waals surface area contributed by atoms with Gasteiger partial charge in [-0.3, -0.25) is 9.59 Å². The van der Waals surface area contributed by atoms with Crippen LogP contribution in [0.5, 0.6) is 0 Å². The predicted octanol–water partition coefficient (Wildman–Crippen LogP) is 4.39. The van der Waals surface area contributed by atoms with E-state index in [1.54, 1.807) is 18.2 Å². The molecular weight excluding hydrogens is 396 g/mol. The minimum absolute atomic E-state index is 0.251. The number of hydrazone groups is 1. The quantitative estimate of drug-likeness (QED) is 0.452. The molecule has 0 saturated carbocycles. The summed E-state index contributed by atoms with van der Waals surface area (Å²) >= 11 is 23.5. The topological polar surface area (TPSA) is 70.6 Å². The third kappa shape index (κ3) is 4.85. The summed E-state index contributed by atoms with van der Waals surface area (Å²) in [5.74, 6) is -1.89. The van der Waals surface area contributed by atoms with E-state index in [2.05, 4.69) is 15.8 Å². The third-order valence-corrected chi connectivity index (χ3v) is 4.14. The summed E-state index contributed by atoms with van der Waals surface area (Å²) in [5.41, 5.74) is 2.82. The molecule has 0 fully saturated rings. The Morgan fingerprint density at radius 3 is 2.17 bits per heavy atom. The highest BCUT2D eigenvalue weighted by Gasteiger charge is 2.13. The van der Waals surface area contributed by atoms with Gasteiger partial charge in [0.1, 0.15) is 0 Å². The van der Waals surface area contributed by atoms with Crippen LogP contribution in [0, 0.1) is 0 Å². The molecule has 2 aromatic rings. The molecule has 0 atom stereocenters. The van der Waals surface area contributed by atoms with Crippen LogP contribution in [0.2, 0.25) is 20.1 Å². The van der Waals surface area contributed by atoms with Gasteiger partial charge in [-0.25, -0.2) is 5.43 Å². The van der Waals surface area contributed by atoms with Gasteiger partial charge in [-0.1, -0.05) is 52.5 Å². The molecule has 5 nitrogen and oxygen atoms in total. The molecule has 0 aliphatic heterocycles. The molecule has 2 N–H and O–H groups in total. The fourth-order valence-corrected chi connectivity index (χ4v) is 2.40. The normalized spacial score (nSPS) is 10.7. The summed E-state index contributed by atoms with van der Waals surface area (Å²) in [6.07, 6.45) is 1.25. The molecule has 9 heteroatoms. The monoisotopic (exact) mass is 403 g/mol. The number of hydrogen-bond acceptors (Lipinski definition) is 3. The molecule has 2 amide bonds. The lowest BCUT2D eigenvalue weighted by Gasteiger charge is -2.05. The first-order valence-electron chi connectivity index (χ1n) is 6.42. The van der Waals surface area contributed by atoms with E-state index in [-0.39, 0.29) is 5.02 Å². The van der Waals surface area contributed by atoms with Gasteiger partial charge in [0.05, 0.1) is 26.3 Å². The Morgan fingerprint density at radius 2 is 1.54 bits per heavy atom. The number of anilines is 1. The Kier molecular flexibility index (Phi) is 6.45. The van der Waals surface area contributed by atoms with Crippen molar-refractivity contribution in [3.05, 3.63) is 62.1 Å². The molecule has 0 radical (unpaired) electrons. The van der Waals surface area contributed by atoms with Crippen molar-refractivity contribution in [2.75, 3.05) is 5.32 Å². The maximum Gasteiger partial charge on any atom is 0.329 e. The second-order valence-electron chi connectivity index (χ2n) is 4.42. The number of nitrogens with zero attached hydrogens (tertiary/aromatic N) is 1. The lowest BCUT2D eigenvalue weighted by molar-refractivity contribution is -0.136.